The maximum absolute atomic E-state index is 13.3. The van der Waals surface area contributed by atoms with Gasteiger partial charge in [-0.3, -0.25) is 0 Å². The van der Waals surface area contributed by atoms with Gasteiger partial charge in [-0.15, -0.1) is 0 Å². The van der Waals surface area contributed by atoms with E-state index in [4.69, 9.17) is 15.7 Å². The van der Waals surface area contributed by atoms with E-state index in [1.165, 1.54) is 12.1 Å². The molecular weight excluding hydrogens is 279 g/mol. The largest absolute Gasteiger partial charge is 0.359 e. The van der Waals surface area contributed by atoms with E-state index in [2.05, 4.69) is 6.07 Å². The van der Waals surface area contributed by atoms with E-state index in [0.29, 0.717) is 12.2 Å². The first-order valence-corrected chi connectivity index (χ1v) is 7.31. The lowest BCUT2D eigenvalue weighted by Gasteiger charge is -2.35. The van der Waals surface area contributed by atoms with Crippen LogP contribution in [-0.2, 0) is 16.9 Å². The standard InChI is InChI=1S/C18H17FN2O/c1-2-17(21)18(14-4-6-15(19)7-5-14)16-8-3-12(10-20)9-13(16)11-22-18/h3-9,17H,2,11,21H2,1H3. The van der Waals surface area contributed by atoms with Crippen molar-refractivity contribution in [2.75, 3.05) is 0 Å². The van der Waals surface area contributed by atoms with Gasteiger partial charge in [0, 0.05) is 6.04 Å². The average molecular weight is 296 g/mol. The number of nitrogens with two attached hydrogens (primary N) is 1. The Balaban J connectivity index is 2.19. The summed E-state index contributed by atoms with van der Waals surface area (Å²) in [7, 11) is 0. The van der Waals surface area contributed by atoms with Crippen molar-refractivity contribution in [1.29, 1.82) is 5.26 Å². The fourth-order valence-electron chi connectivity index (χ4n) is 3.16. The van der Waals surface area contributed by atoms with Gasteiger partial charge in [0.2, 0.25) is 0 Å². The molecule has 2 aromatic rings. The van der Waals surface area contributed by atoms with Crippen LogP contribution < -0.4 is 5.73 Å². The van der Waals surface area contributed by atoms with E-state index in [9.17, 15) is 4.39 Å². The van der Waals surface area contributed by atoms with Crippen molar-refractivity contribution in [1.82, 2.24) is 0 Å². The van der Waals surface area contributed by atoms with Gasteiger partial charge in [0.05, 0.1) is 18.2 Å². The molecule has 112 valence electrons. The molecule has 2 unspecified atom stereocenters. The highest BCUT2D eigenvalue weighted by molar-refractivity contribution is 5.49. The minimum absolute atomic E-state index is 0.257. The normalized spacial score (nSPS) is 21.2. The molecule has 0 saturated carbocycles. The van der Waals surface area contributed by atoms with Crippen LogP contribution in [0.3, 0.4) is 0 Å². The quantitative estimate of drug-likeness (QED) is 0.946. The highest BCUT2D eigenvalue weighted by Gasteiger charge is 2.46. The lowest BCUT2D eigenvalue weighted by molar-refractivity contribution is -0.0254. The van der Waals surface area contributed by atoms with Crippen LogP contribution in [0.15, 0.2) is 42.5 Å². The highest BCUT2D eigenvalue weighted by atomic mass is 19.1. The molecule has 1 heterocycles. The maximum atomic E-state index is 13.3. The summed E-state index contributed by atoms with van der Waals surface area (Å²) in [6, 6.07) is 13.7. The summed E-state index contributed by atoms with van der Waals surface area (Å²) in [6.07, 6.45) is 0.719. The zero-order valence-electron chi connectivity index (χ0n) is 12.3. The van der Waals surface area contributed by atoms with E-state index >= 15 is 0 Å². The van der Waals surface area contributed by atoms with Crippen LogP contribution in [0.4, 0.5) is 4.39 Å². The summed E-state index contributed by atoms with van der Waals surface area (Å²) in [5, 5.41) is 9.04. The fraction of sp³-hybridized carbons (Fsp3) is 0.278. The van der Waals surface area contributed by atoms with Gasteiger partial charge in [0.1, 0.15) is 11.4 Å². The lowest BCUT2D eigenvalue weighted by Crippen LogP contribution is -2.46. The molecule has 3 nitrogen and oxygen atoms in total. The lowest BCUT2D eigenvalue weighted by atomic mass is 9.79. The van der Waals surface area contributed by atoms with Gasteiger partial charge in [0.25, 0.3) is 0 Å². The molecule has 0 amide bonds. The fourth-order valence-corrected chi connectivity index (χ4v) is 3.16. The minimum atomic E-state index is -0.786. The summed E-state index contributed by atoms with van der Waals surface area (Å²) in [4.78, 5) is 0. The molecule has 3 rings (SSSR count). The molecule has 0 bridgehead atoms. The number of hydrogen-bond donors (Lipinski definition) is 1. The second-order valence-electron chi connectivity index (χ2n) is 5.53. The number of ether oxygens (including phenoxy) is 1. The van der Waals surface area contributed by atoms with Gasteiger partial charge in [0.15, 0.2) is 0 Å². The highest BCUT2D eigenvalue weighted by Crippen LogP contribution is 2.45. The van der Waals surface area contributed by atoms with Gasteiger partial charge >= 0.3 is 0 Å². The summed E-state index contributed by atoms with van der Waals surface area (Å²) in [6.45, 7) is 2.40. The molecule has 2 aromatic carbocycles. The molecule has 4 heteroatoms. The zero-order chi connectivity index (χ0) is 15.7. The van der Waals surface area contributed by atoms with E-state index < -0.39 is 5.60 Å². The predicted molar refractivity (Wildman–Crippen MR) is 81.4 cm³/mol. The zero-order valence-corrected chi connectivity index (χ0v) is 12.3. The smallest absolute Gasteiger partial charge is 0.134 e. The molecule has 0 radical (unpaired) electrons. The molecule has 2 N–H and O–H groups in total. The third-order valence-electron chi connectivity index (χ3n) is 4.32. The van der Waals surface area contributed by atoms with E-state index in [0.717, 1.165) is 23.1 Å². The Hall–Kier alpha value is -2.22. The van der Waals surface area contributed by atoms with Crippen molar-refractivity contribution in [2.24, 2.45) is 5.73 Å². The summed E-state index contributed by atoms with van der Waals surface area (Å²) in [5.41, 5.74) is 8.97. The molecule has 2 atom stereocenters. The van der Waals surface area contributed by atoms with Crippen LogP contribution in [0.1, 0.15) is 35.6 Å². The van der Waals surface area contributed by atoms with E-state index in [1.807, 2.05) is 19.1 Å². The van der Waals surface area contributed by atoms with E-state index in [1.54, 1.807) is 18.2 Å². The summed E-state index contributed by atoms with van der Waals surface area (Å²) in [5.74, 6) is -0.290. The average Bonchev–Trinajstić information content (AvgIpc) is 2.94. The van der Waals surface area contributed by atoms with Gasteiger partial charge in [-0.05, 0) is 47.4 Å². The Bertz CT molecular complexity index is 736. The van der Waals surface area contributed by atoms with Crippen LogP contribution in [-0.4, -0.2) is 6.04 Å². The number of rotatable bonds is 3. The van der Waals surface area contributed by atoms with Crippen molar-refractivity contribution in [2.45, 2.75) is 31.6 Å². The molecule has 0 spiro atoms. The van der Waals surface area contributed by atoms with Gasteiger partial charge in [-0.25, -0.2) is 4.39 Å². The van der Waals surface area contributed by atoms with Crippen molar-refractivity contribution in [3.8, 4) is 6.07 Å². The van der Waals surface area contributed by atoms with Crippen molar-refractivity contribution < 1.29 is 9.13 Å². The molecule has 1 aliphatic heterocycles. The third-order valence-corrected chi connectivity index (χ3v) is 4.32. The third kappa shape index (κ3) is 2.10. The molecular formula is C18H17FN2O. The molecule has 0 aliphatic carbocycles. The minimum Gasteiger partial charge on any atom is -0.359 e. The SMILES string of the molecule is CCC(N)C1(c2ccc(F)cc2)OCc2cc(C#N)ccc21. The number of nitriles is 1. The van der Waals surface area contributed by atoms with Crippen molar-refractivity contribution in [3.63, 3.8) is 0 Å². The maximum Gasteiger partial charge on any atom is 0.134 e. The second-order valence-corrected chi connectivity index (χ2v) is 5.53. The number of nitrogens with zero attached hydrogens (tertiary/aromatic N) is 1. The predicted octanol–water partition coefficient (Wildman–Crippen LogP) is 3.21. The second kappa shape index (κ2) is 5.53. The van der Waals surface area contributed by atoms with Crippen LogP contribution in [0.25, 0.3) is 0 Å². The monoisotopic (exact) mass is 296 g/mol. The van der Waals surface area contributed by atoms with Gasteiger partial charge < -0.3 is 10.5 Å². The number of benzene rings is 2. The first-order chi connectivity index (χ1) is 10.6. The molecule has 1 aliphatic rings. The number of fused-ring (bicyclic) bond motifs is 1. The Morgan fingerprint density at radius 1 is 1.32 bits per heavy atom. The van der Waals surface area contributed by atoms with Gasteiger partial charge in [-0.1, -0.05) is 25.1 Å². The summed E-state index contributed by atoms with van der Waals surface area (Å²) < 4.78 is 19.4. The Labute approximate surface area is 129 Å². The molecule has 22 heavy (non-hydrogen) atoms. The van der Waals surface area contributed by atoms with Crippen LogP contribution in [0.5, 0.6) is 0 Å². The van der Waals surface area contributed by atoms with Crippen LogP contribution >= 0.6 is 0 Å². The topological polar surface area (TPSA) is 59.0 Å². The molecule has 0 fully saturated rings. The van der Waals surface area contributed by atoms with Crippen LogP contribution in [0, 0.1) is 17.1 Å². The molecule has 0 saturated heterocycles. The first kappa shape index (κ1) is 14.7. The van der Waals surface area contributed by atoms with Crippen LogP contribution in [0.2, 0.25) is 0 Å². The first-order valence-electron chi connectivity index (χ1n) is 7.31. The molecule has 0 aromatic heterocycles. The Kier molecular flexibility index (Phi) is 3.69. The van der Waals surface area contributed by atoms with Crippen molar-refractivity contribution in [3.05, 3.63) is 70.5 Å². The van der Waals surface area contributed by atoms with Gasteiger partial charge in [-0.2, -0.15) is 5.26 Å². The number of halogens is 1. The van der Waals surface area contributed by atoms with E-state index in [-0.39, 0.29) is 11.9 Å². The van der Waals surface area contributed by atoms with Crippen molar-refractivity contribution >= 4 is 0 Å². The number of hydrogen-bond acceptors (Lipinski definition) is 3. The Morgan fingerprint density at radius 3 is 2.68 bits per heavy atom. The Morgan fingerprint density at radius 2 is 2.05 bits per heavy atom. The summed E-state index contributed by atoms with van der Waals surface area (Å²) >= 11 is 0.